The largest absolute Gasteiger partial charge is 0.492 e. The second kappa shape index (κ2) is 10.4. The molecule has 0 aliphatic carbocycles. The number of nitrogens with one attached hydrogen (secondary N) is 2. The van der Waals surface area contributed by atoms with Crippen molar-refractivity contribution in [1.29, 1.82) is 0 Å². The molecule has 1 fully saturated rings. The van der Waals surface area contributed by atoms with E-state index in [1.807, 2.05) is 0 Å². The number of carbonyl (C=O) groups is 2. The number of aryl methyl sites for hydroxylation is 1. The predicted molar refractivity (Wildman–Crippen MR) is 125 cm³/mol. The lowest BCUT2D eigenvalue weighted by Crippen LogP contribution is -2.40. The standard InChI is InChI=1S/C23H27N3O7S/c1-2-32-21-7-5-18(34(29,30)26-9-11-31-12-10-26)14-20(21)25-23(28)15-33-17-4-6-19-16(13-17)3-8-22(27)24-19/h4-7,13-14H,2-3,8-12,15H2,1H3,(H,24,27)(H,25,28). The Hall–Kier alpha value is -3.15. The Bertz CT molecular complexity index is 1180. The first kappa shape index (κ1) is 24.0. The van der Waals surface area contributed by atoms with Crippen LogP contribution in [-0.2, 0) is 30.8 Å². The van der Waals surface area contributed by atoms with Gasteiger partial charge in [0.15, 0.2) is 6.61 Å². The number of benzene rings is 2. The van der Waals surface area contributed by atoms with Gasteiger partial charge in [0, 0.05) is 25.2 Å². The summed E-state index contributed by atoms with van der Waals surface area (Å²) in [6.45, 7) is 3.09. The summed E-state index contributed by atoms with van der Waals surface area (Å²) >= 11 is 0. The normalized spacial score (nSPS) is 16.3. The first-order valence-corrected chi connectivity index (χ1v) is 12.5. The van der Waals surface area contributed by atoms with Crippen LogP contribution in [0.2, 0.25) is 0 Å². The van der Waals surface area contributed by atoms with Gasteiger partial charge in [0.05, 0.1) is 30.4 Å². The summed E-state index contributed by atoms with van der Waals surface area (Å²) < 4.78 is 43.8. The summed E-state index contributed by atoms with van der Waals surface area (Å²) in [5.41, 5.74) is 1.93. The highest BCUT2D eigenvalue weighted by Crippen LogP contribution is 2.30. The Labute approximate surface area is 198 Å². The highest BCUT2D eigenvalue weighted by molar-refractivity contribution is 7.89. The Balaban J connectivity index is 1.46. The summed E-state index contributed by atoms with van der Waals surface area (Å²) in [4.78, 5) is 24.2. The number of rotatable bonds is 8. The van der Waals surface area contributed by atoms with Crippen molar-refractivity contribution in [3.8, 4) is 11.5 Å². The van der Waals surface area contributed by atoms with Crippen molar-refractivity contribution in [2.75, 3.05) is 50.2 Å². The van der Waals surface area contributed by atoms with E-state index in [2.05, 4.69) is 10.6 Å². The molecule has 2 aliphatic heterocycles. The molecular weight excluding hydrogens is 462 g/mol. The van der Waals surface area contributed by atoms with E-state index in [1.165, 1.54) is 22.5 Å². The number of hydrogen-bond acceptors (Lipinski definition) is 7. The molecule has 10 nitrogen and oxygen atoms in total. The molecule has 0 atom stereocenters. The van der Waals surface area contributed by atoms with E-state index in [9.17, 15) is 18.0 Å². The molecule has 4 rings (SSSR count). The molecule has 2 amide bonds. The fourth-order valence-electron chi connectivity index (χ4n) is 3.77. The molecule has 2 aromatic rings. The van der Waals surface area contributed by atoms with Crippen LogP contribution in [0.4, 0.5) is 11.4 Å². The Morgan fingerprint density at radius 3 is 2.68 bits per heavy atom. The van der Waals surface area contributed by atoms with E-state index in [0.717, 1.165) is 11.3 Å². The van der Waals surface area contributed by atoms with E-state index in [-0.39, 0.29) is 36.2 Å². The number of fused-ring (bicyclic) bond motifs is 1. The third kappa shape index (κ3) is 5.49. The van der Waals surface area contributed by atoms with Gasteiger partial charge in [-0.15, -0.1) is 0 Å². The van der Waals surface area contributed by atoms with Gasteiger partial charge in [-0.1, -0.05) is 0 Å². The molecule has 182 valence electrons. The molecule has 34 heavy (non-hydrogen) atoms. The highest BCUT2D eigenvalue weighted by atomic mass is 32.2. The fraction of sp³-hybridized carbons (Fsp3) is 0.391. The Morgan fingerprint density at radius 2 is 1.91 bits per heavy atom. The summed E-state index contributed by atoms with van der Waals surface area (Å²) in [7, 11) is -3.73. The predicted octanol–water partition coefficient (Wildman–Crippen LogP) is 2.01. The molecule has 0 spiro atoms. The van der Waals surface area contributed by atoms with Gasteiger partial charge in [-0.25, -0.2) is 8.42 Å². The monoisotopic (exact) mass is 489 g/mol. The van der Waals surface area contributed by atoms with E-state index >= 15 is 0 Å². The molecular formula is C23H27N3O7S. The van der Waals surface area contributed by atoms with Crippen LogP contribution in [0.1, 0.15) is 18.9 Å². The maximum atomic E-state index is 13.0. The van der Waals surface area contributed by atoms with Crippen LogP contribution in [0.25, 0.3) is 0 Å². The fourth-order valence-corrected chi connectivity index (χ4v) is 5.20. The molecule has 0 aromatic heterocycles. The van der Waals surface area contributed by atoms with Gasteiger partial charge >= 0.3 is 0 Å². The second-order valence-electron chi connectivity index (χ2n) is 7.81. The molecule has 2 aromatic carbocycles. The Kier molecular flexibility index (Phi) is 7.35. The first-order chi connectivity index (χ1) is 16.4. The lowest BCUT2D eigenvalue weighted by molar-refractivity contribution is -0.118. The van der Waals surface area contributed by atoms with Crippen molar-refractivity contribution in [1.82, 2.24) is 4.31 Å². The van der Waals surface area contributed by atoms with Crippen molar-refractivity contribution < 1.29 is 32.2 Å². The number of hydrogen-bond donors (Lipinski definition) is 2. The minimum atomic E-state index is -3.73. The van der Waals surface area contributed by atoms with Gasteiger partial charge in [-0.2, -0.15) is 4.31 Å². The summed E-state index contributed by atoms with van der Waals surface area (Å²) in [5, 5.41) is 5.49. The summed E-state index contributed by atoms with van der Waals surface area (Å²) in [5.74, 6) is 0.372. The molecule has 11 heteroatoms. The minimum Gasteiger partial charge on any atom is -0.492 e. The van der Waals surface area contributed by atoms with Gasteiger partial charge in [0.1, 0.15) is 11.5 Å². The third-order valence-electron chi connectivity index (χ3n) is 5.47. The number of anilines is 2. The van der Waals surface area contributed by atoms with Crippen molar-refractivity contribution in [2.45, 2.75) is 24.7 Å². The average molecular weight is 490 g/mol. The topological polar surface area (TPSA) is 123 Å². The maximum absolute atomic E-state index is 13.0. The van der Waals surface area contributed by atoms with Crippen LogP contribution in [0.5, 0.6) is 11.5 Å². The zero-order chi connectivity index (χ0) is 24.1. The van der Waals surface area contributed by atoms with Crippen LogP contribution in [-0.4, -0.2) is 64.1 Å². The van der Waals surface area contributed by atoms with Crippen molar-refractivity contribution in [2.24, 2.45) is 0 Å². The lowest BCUT2D eigenvalue weighted by atomic mass is 10.0. The van der Waals surface area contributed by atoms with Crippen LogP contribution in [0.15, 0.2) is 41.3 Å². The molecule has 2 N–H and O–H groups in total. The molecule has 0 radical (unpaired) electrons. The second-order valence-corrected chi connectivity index (χ2v) is 9.75. The van der Waals surface area contributed by atoms with Crippen molar-refractivity contribution in [3.05, 3.63) is 42.0 Å². The summed E-state index contributed by atoms with van der Waals surface area (Å²) in [6, 6.07) is 9.61. The number of ether oxygens (including phenoxy) is 3. The number of amides is 2. The Morgan fingerprint density at radius 1 is 1.12 bits per heavy atom. The van der Waals surface area contributed by atoms with E-state index in [4.69, 9.17) is 14.2 Å². The van der Waals surface area contributed by atoms with Gasteiger partial charge in [-0.05, 0) is 55.3 Å². The molecule has 2 aliphatic rings. The van der Waals surface area contributed by atoms with Gasteiger partial charge in [0.25, 0.3) is 5.91 Å². The number of morpholine rings is 1. The zero-order valence-electron chi connectivity index (χ0n) is 18.8. The lowest BCUT2D eigenvalue weighted by Gasteiger charge is -2.26. The molecule has 0 saturated carbocycles. The maximum Gasteiger partial charge on any atom is 0.262 e. The van der Waals surface area contributed by atoms with Crippen LogP contribution in [0, 0.1) is 0 Å². The van der Waals surface area contributed by atoms with Gasteiger partial charge in [0.2, 0.25) is 15.9 Å². The zero-order valence-corrected chi connectivity index (χ0v) is 19.7. The smallest absolute Gasteiger partial charge is 0.262 e. The van der Waals surface area contributed by atoms with E-state index in [0.29, 0.717) is 44.2 Å². The SMILES string of the molecule is CCOc1ccc(S(=O)(=O)N2CCOCC2)cc1NC(=O)COc1ccc2c(c1)CCC(=O)N2. The highest BCUT2D eigenvalue weighted by Gasteiger charge is 2.27. The van der Waals surface area contributed by atoms with Crippen LogP contribution < -0.4 is 20.1 Å². The van der Waals surface area contributed by atoms with Gasteiger partial charge in [-0.3, -0.25) is 9.59 Å². The number of sulfonamides is 1. The molecule has 0 bridgehead atoms. The van der Waals surface area contributed by atoms with Crippen LogP contribution in [0.3, 0.4) is 0 Å². The molecule has 0 unspecified atom stereocenters. The molecule has 1 saturated heterocycles. The van der Waals surface area contributed by atoms with E-state index < -0.39 is 15.9 Å². The summed E-state index contributed by atoms with van der Waals surface area (Å²) in [6.07, 6.45) is 1.01. The van der Waals surface area contributed by atoms with Crippen molar-refractivity contribution in [3.63, 3.8) is 0 Å². The molecule has 2 heterocycles. The van der Waals surface area contributed by atoms with Crippen LogP contribution >= 0.6 is 0 Å². The quantitative estimate of drug-likeness (QED) is 0.581. The van der Waals surface area contributed by atoms with Gasteiger partial charge < -0.3 is 24.8 Å². The van der Waals surface area contributed by atoms with E-state index in [1.54, 1.807) is 25.1 Å². The minimum absolute atomic E-state index is 0.0245. The first-order valence-electron chi connectivity index (χ1n) is 11.1. The third-order valence-corrected chi connectivity index (χ3v) is 7.37. The average Bonchev–Trinajstić information content (AvgIpc) is 2.84. The number of carbonyl (C=O) groups excluding carboxylic acids is 2. The van der Waals surface area contributed by atoms with Crippen molar-refractivity contribution >= 4 is 33.2 Å². The number of nitrogens with zero attached hydrogens (tertiary/aromatic N) is 1.